The summed E-state index contributed by atoms with van der Waals surface area (Å²) in [5, 5.41) is 15.3. The highest BCUT2D eigenvalue weighted by Crippen LogP contribution is 1.83. The fourth-order valence-electron chi connectivity index (χ4n) is 0.294. The first kappa shape index (κ1) is 7.30. The van der Waals surface area contributed by atoms with Crippen LogP contribution < -0.4 is 0 Å². The van der Waals surface area contributed by atoms with Crippen LogP contribution in [-0.2, 0) is 4.79 Å². The summed E-state index contributed by atoms with van der Waals surface area (Å²) in [6, 6.07) is 0. The van der Waals surface area contributed by atoms with Crippen LogP contribution in [0.2, 0.25) is 0 Å². The summed E-state index contributed by atoms with van der Waals surface area (Å²) in [6.07, 6.45) is -0.924. The molecule has 0 aliphatic carbocycles. The first-order valence-corrected chi connectivity index (χ1v) is 2.33. The van der Waals surface area contributed by atoms with Gasteiger partial charge in [-0.2, -0.15) is 0 Å². The van der Waals surface area contributed by atoms with E-state index < -0.39 is 6.10 Å². The van der Waals surface area contributed by atoms with Crippen molar-refractivity contribution in [1.29, 1.82) is 5.41 Å². The largest absolute Gasteiger partial charge is 0.387 e. The van der Waals surface area contributed by atoms with Gasteiger partial charge in [0.05, 0.1) is 6.10 Å². The monoisotopic (exact) mass is 115 g/mol. The third-order valence-corrected chi connectivity index (χ3v) is 0.797. The molecule has 0 aromatic heterocycles. The third kappa shape index (κ3) is 1.84. The van der Waals surface area contributed by atoms with Crippen LogP contribution in [-0.4, -0.2) is 22.7 Å². The summed E-state index contributed by atoms with van der Waals surface area (Å²) in [4.78, 5) is 10.2. The average Bonchev–Trinajstić information content (AvgIpc) is 1.64. The molecular formula is C5H9NO2. The zero-order chi connectivity index (χ0) is 6.73. The SMILES string of the molecule is CC(=O)C(=N)C(C)O. The number of hydrogen-bond acceptors (Lipinski definition) is 3. The molecule has 1 atom stereocenters. The molecular weight excluding hydrogens is 106 g/mol. The fourth-order valence-corrected chi connectivity index (χ4v) is 0.294. The predicted octanol–water partition coefficient (Wildman–Crippen LogP) is -0.0240. The molecule has 1 unspecified atom stereocenters. The number of carbonyl (C=O) groups excluding carboxylic acids is 1. The van der Waals surface area contributed by atoms with Crippen LogP contribution in [0.5, 0.6) is 0 Å². The molecule has 3 heteroatoms. The molecule has 2 N–H and O–H groups in total. The lowest BCUT2D eigenvalue weighted by molar-refractivity contribution is -0.111. The van der Waals surface area contributed by atoms with Crippen molar-refractivity contribution in [3.63, 3.8) is 0 Å². The van der Waals surface area contributed by atoms with E-state index in [1.54, 1.807) is 0 Å². The van der Waals surface area contributed by atoms with E-state index in [9.17, 15) is 4.79 Å². The zero-order valence-corrected chi connectivity index (χ0v) is 4.93. The van der Waals surface area contributed by atoms with Gasteiger partial charge in [-0.05, 0) is 6.92 Å². The van der Waals surface area contributed by atoms with Gasteiger partial charge in [0.15, 0.2) is 5.78 Å². The van der Waals surface area contributed by atoms with Gasteiger partial charge >= 0.3 is 0 Å². The fraction of sp³-hybridized carbons (Fsp3) is 0.600. The Morgan fingerprint density at radius 1 is 1.75 bits per heavy atom. The van der Waals surface area contributed by atoms with Crippen LogP contribution in [0.25, 0.3) is 0 Å². The van der Waals surface area contributed by atoms with Gasteiger partial charge < -0.3 is 5.11 Å². The van der Waals surface area contributed by atoms with Crippen LogP contribution in [0.15, 0.2) is 0 Å². The Morgan fingerprint density at radius 3 is 2.12 bits per heavy atom. The molecule has 0 saturated heterocycles. The standard InChI is InChI=1S/C5H9NO2/c1-3(7)5(6)4(2)8/h3,6-7H,1-2H3. The molecule has 0 radical (unpaired) electrons. The molecule has 0 aliphatic rings. The van der Waals surface area contributed by atoms with Crippen LogP contribution in [0, 0.1) is 5.41 Å². The lowest BCUT2D eigenvalue weighted by Crippen LogP contribution is -2.22. The highest BCUT2D eigenvalue weighted by atomic mass is 16.3. The van der Waals surface area contributed by atoms with E-state index in [0.717, 1.165) is 0 Å². The second-order valence-corrected chi connectivity index (χ2v) is 1.65. The molecule has 8 heavy (non-hydrogen) atoms. The van der Waals surface area contributed by atoms with Crippen molar-refractivity contribution >= 4 is 11.5 Å². The van der Waals surface area contributed by atoms with E-state index in [1.807, 2.05) is 0 Å². The Kier molecular flexibility index (Phi) is 2.34. The van der Waals surface area contributed by atoms with Crippen LogP contribution in [0.4, 0.5) is 0 Å². The number of aliphatic hydroxyl groups is 1. The second kappa shape index (κ2) is 2.57. The van der Waals surface area contributed by atoms with Gasteiger partial charge in [0.2, 0.25) is 0 Å². The molecule has 0 bridgehead atoms. The molecule has 46 valence electrons. The topological polar surface area (TPSA) is 61.2 Å². The molecule has 0 aromatic rings. The van der Waals surface area contributed by atoms with E-state index in [2.05, 4.69) is 0 Å². The van der Waals surface area contributed by atoms with E-state index in [4.69, 9.17) is 10.5 Å². The molecule has 0 spiro atoms. The summed E-state index contributed by atoms with van der Waals surface area (Å²) in [5.41, 5.74) is -0.231. The van der Waals surface area contributed by atoms with E-state index >= 15 is 0 Å². The number of hydrogen-bond donors (Lipinski definition) is 2. The minimum Gasteiger partial charge on any atom is -0.387 e. The molecule has 3 nitrogen and oxygen atoms in total. The van der Waals surface area contributed by atoms with Crippen molar-refractivity contribution in [3.05, 3.63) is 0 Å². The summed E-state index contributed by atoms with van der Waals surface area (Å²) < 4.78 is 0. The van der Waals surface area contributed by atoms with Gasteiger partial charge in [0, 0.05) is 6.92 Å². The van der Waals surface area contributed by atoms with Crippen molar-refractivity contribution in [1.82, 2.24) is 0 Å². The normalized spacial score (nSPS) is 12.9. The minimum atomic E-state index is -0.924. The first-order valence-electron chi connectivity index (χ1n) is 2.33. The Bertz CT molecular complexity index is 118. The van der Waals surface area contributed by atoms with Crippen LogP contribution in [0.1, 0.15) is 13.8 Å². The van der Waals surface area contributed by atoms with Crippen LogP contribution >= 0.6 is 0 Å². The van der Waals surface area contributed by atoms with Crippen molar-refractivity contribution in [2.24, 2.45) is 0 Å². The maximum atomic E-state index is 10.2. The van der Waals surface area contributed by atoms with Gasteiger partial charge in [-0.15, -0.1) is 0 Å². The van der Waals surface area contributed by atoms with Gasteiger partial charge in [-0.25, -0.2) is 0 Å². The highest BCUT2D eigenvalue weighted by Gasteiger charge is 2.07. The minimum absolute atomic E-state index is 0.231. The first-order chi connectivity index (χ1) is 3.55. The van der Waals surface area contributed by atoms with Gasteiger partial charge in [-0.1, -0.05) is 0 Å². The lowest BCUT2D eigenvalue weighted by Gasteiger charge is -1.98. The predicted molar refractivity (Wildman–Crippen MR) is 30.1 cm³/mol. The molecule has 0 saturated carbocycles. The van der Waals surface area contributed by atoms with Crippen molar-refractivity contribution in [2.75, 3.05) is 0 Å². The quantitative estimate of drug-likeness (QED) is 0.496. The summed E-state index contributed by atoms with van der Waals surface area (Å²) >= 11 is 0. The Labute approximate surface area is 47.8 Å². The molecule has 0 aromatic carbocycles. The third-order valence-electron chi connectivity index (χ3n) is 0.797. The van der Waals surface area contributed by atoms with Gasteiger partial charge in [-0.3, -0.25) is 10.2 Å². The van der Waals surface area contributed by atoms with E-state index in [0.29, 0.717) is 0 Å². The summed E-state index contributed by atoms with van der Waals surface area (Å²) in [7, 11) is 0. The molecule has 0 fully saturated rings. The summed E-state index contributed by atoms with van der Waals surface area (Å²) in [5.74, 6) is -0.375. The molecule has 0 heterocycles. The number of ketones is 1. The Hall–Kier alpha value is -0.700. The molecule has 0 aliphatic heterocycles. The average molecular weight is 115 g/mol. The van der Waals surface area contributed by atoms with Crippen molar-refractivity contribution in [3.8, 4) is 0 Å². The number of aliphatic hydroxyl groups excluding tert-OH is 1. The number of Topliss-reactive ketones (excluding diaryl/α,β-unsaturated/α-hetero) is 1. The van der Waals surface area contributed by atoms with Gasteiger partial charge in [0.1, 0.15) is 5.71 Å². The summed E-state index contributed by atoms with van der Waals surface area (Å²) in [6.45, 7) is 2.65. The number of nitrogens with one attached hydrogen (secondary N) is 1. The van der Waals surface area contributed by atoms with E-state index in [1.165, 1.54) is 13.8 Å². The maximum absolute atomic E-state index is 10.2. The lowest BCUT2D eigenvalue weighted by atomic mass is 10.2. The molecule has 0 amide bonds. The smallest absolute Gasteiger partial charge is 0.175 e. The van der Waals surface area contributed by atoms with Crippen molar-refractivity contribution < 1.29 is 9.90 Å². The number of rotatable bonds is 2. The second-order valence-electron chi connectivity index (χ2n) is 1.65. The Morgan fingerprint density at radius 2 is 2.12 bits per heavy atom. The van der Waals surface area contributed by atoms with Gasteiger partial charge in [0.25, 0.3) is 0 Å². The Balaban J connectivity index is 3.84. The van der Waals surface area contributed by atoms with Crippen LogP contribution in [0.3, 0.4) is 0 Å². The van der Waals surface area contributed by atoms with Crippen molar-refractivity contribution in [2.45, 2.75) is 20.0 Å². The zero-order valence-electron chi connectivity index (χ0n) is 4.93. The highest BCUT2D eigenvalue weighted by molar-refractivity contribution is 6.39. The number of carbonyl (C=O) groups is 1. The van der Waals surface area contributed by atoms with E-state index in [-0.39, 0.29) is 11.5 Å². The molecule has 0 rings (SSSR count). The maximum Gasteiger partial charge on any atom is 0.175 e.